The van der Waals surface area contributed by atoms with E-state index in [-0.39, 0.29) is 11.9 Å². The van der Waals surface area contributed by atoms with Gasteiger partial charge in [0.1, 0.15) is 24.0 Å². The smallest absolute Gasteiger partial charge is 0.253 e. The minimum absolute atomic E-state index is 0.0900. The Hall–Kier alpha value is -4.45. The van der Waals surface area contributed by atoms with Crippen molar-refractivity contribution in [1.82, 2.24) is 24.6 Å². The number of carbonyl (C=O) groups is 1. The Labute approximate surface area is 210 Å². The molecule has 1 atom stereocenters. The number of anilines is 1. The molecule has 9 nitrogen and oxygen atoms in total. The summed E-state index contributed by atoms with van der Waals surface area (Å²) in [6.07, 6.45) is 1.43. The van der Waals surface area contributed by atoms with E-state index in [2.05, 4.69) is 16.0 Å². The highest BCUT2D eigenvalue weighted by molar-refractivity contribution is 5.94. The SMILES string of the molecule is CCOc1c(C(C)n2nc(C)c3c(N)ncnc32)cc(C)c(C#N)c1-c1ccc(C(=O)N(C)C)cc1. The first-order chi connectivity index (χ1) is 17.2. The van der Waals surface area contributed by atoms with Crippen molar-refractivity contribution in [1.29, 1.82) is 5.26 Å². The van der Waals surface area contributed by atoms with Crippen LogP contribution >= 0.6 is 0 Å². The molecule has 1 amide bonds. The summed E-state index contributed by atoms with van der Waals surface area (Å²) in [5, 5.41) is 15.5. The Bertz CT molecular complexity index is 1500. The van der Waals surface area contributed by atoms with Crippen LogP contribution in [0, 0.1) is 25.2 Å². The van der Waals surface area contributed by atoms with Gasteiger partial charge in [-0.15, -0.1) is 0 Å². The number of amides is 1. The molecule has 2 aromatic carbocycles. The minimum atomic E-state index is -0.281. The molecule has 36 heavy (non-hydrogen) atoms. The molecule has 0 saturated carbocycles. The van der Waals surface area contributed by atoms with E-state index < -0.39 is 0 Å². The number of nitriles is 1. The Kier molecular flexibility index (Phi) is 6.62. The van der Waals surface area contributed by atoms with Gasteiger partial charge in [-0.3, -0.25) is 4.79 Å². The molecule has 0 bridgehead atoms. The second-order valence-electron chi connectivity index (χ2n) is 8.85. The molecule has 4 aromatic rings. The van der Waals surface area contributed by atoms with E-state index in [9.17, 15) is 10.1 Å². The van der Waals surface area contributed by atoms with E-state index in [0.29, 0.717) is 45.9 Å². The molecule has 0 aliphatic rings. The summed E-state index contributed by atoms with van der Waals surface area (Å²) in [4.78, 5) is 22.5. The maximum atomic E-state index is 12.4. The Morgan fingerprint density at radius 2 is 1.92 bits per heavy atom. The predicted octanol–water partition coefficient (Wildman–Crippen LogP) is 4.27. The van der Waals surface area contributed by atoms with Gasteiger partial charge in [0.05, 0.1) is 29.3 Å². The monoisotopic (exact) mass is 483 g/mol. The molecule has 2 heterocycles. The van der Waals surface area contributed by atoms with Crippen molar-refractivity contribution < 1.29 is 9.53 Å². The molecular weight excluding hydrogens is 454 g/mol. The highest BCUT2D eigenvalue weighted by Gasteiger charge is 2.26. The van der Waals surface area contributed by atoms with Gasteiger partial charge < -0.3 is 15.4 Å². The van der Waals surface area contributed by atoms with Gasteiger partial charge in [-0.1, -0.05) is 12.1 Å². The van der Waals surface area contributed by atoms with Crippen LogP contribution in [0.25, 0.3) is 22.2 Å². The number of nitrogens with zero attached hydrogens (tertiary/aromatic N) is 6. The van der Waals surface area contributed by atoms with Crippen LogP contribution in [-0.4, -0.2) is 51.3 Å². The van der Waals surface area contributed by atoms with E-state index in [1.165, 1.54) is 11.2 Å². The first-order valence-electron chi connectivity index (χ1n) is 11.7. The number of aryl methyl sites for hydroxylation is 2. The summed E-state index contributed by atoms with van der Waals surface area (Å²) in [7, 11) is 3.43. The van der Waals surface area contributed by atoms with Crippen molar-refractivity contribution in [2.45, 2.75) is 33.7 Å². The third kappa shape index (κ3) is 4.11. The zero-order valence-corrected chi connectivity index (χ0v) is 21.3. The molecule has 2 N–H and O–H groups in total. The lowest BCUT2D eigenvalue weighted by molar-refractivity contribution is 0.0827. The molecule has 0 aliphatic carbocycles. The Morgan fingerprint density at radius 1 is 1.22 bits per heavy atom. The highest BCUT2D eigenvalue weighted by Crippen LogP contribution is 2.42. The van der Waals surface area contributed by atoms with Crippen LogP contribution in [0.3, 0.4) is 0 Å². The summed E-state index contributed by atoms with van der Waals surface area (Å²) in [5.74, 6) is 0.889. The van der Waals surface area contributed by atoms with Crippen LogP contribution in [0.15, 0.2) is 36.7 Å². The van der Waals surface area contributed by atoms with E-state index in [1.54, 1.807) is 26.2 Å². The van der Waals surface area contributed by atoms with Crippen LogP contribution in [0.2, 0.25) is 0 Å². The van der Waals surface area contributed by atoms with Crippen LogP contribution in [0.1, 0.15) is 52.6 Å². The van der Waals surface area contributed by atoms with Crippen molar-refractivity contribution in [2.75, 3.05) is 26.4 Å². The fourth-order valence-electron chi connectivity index (χ4n) is 4.46. The second kappa shape index (κ2) is 9.66. The fourth-order valence-corrected chi connectivity index (χ4v) is 4.46. The molecule has 4 rings (SSSR count). The van der Waals surface area contributed by atoms with Gasteiger partial charge in [-0.25, -0.2) is 14.6 Å². The van der Waals surface area contributed by atoms with Crippen LogP contribution in [-0.2, 0) is 0 Å². The van der Waals surface area contributed by atoms with Gasteiger partial charge in [0.25, 0.3) is 5.91 Å². The number of rotatable bonds is 6. The van der Waals surface area contributed by atoms with Gasteiger partial charge in [-0.05, 0) is 57.0 Å². The summed E-state index contributed by atoms with van der Waals surface area (Å²) in [5.41, 5.74) is 11.7. The maximum Gasteiger partial charge on any atom is 0.253 e. The Balaban J connectivity index is 1.94. The van der Waals surface area contributed by atoms with E-state index in [1.807, 2.05) is 50.6 Å². The number of aromatic nitrogens is 4. The van der Waals surface area contributed by atoms with Crippen molar-refractivity contribution in [2.24, 2.45) is 0 Å². The van der Waals surface area contributed by atoms with E-state index >= 15 is 0 Å². The van der Waals surface area contributed by atoms with Crippen molar-refractivity contribution >= 4 is 22.8 Å². The quantitative estimate of drug-likeness (QED) is 0.434. The predicted molar refractivity (Wildman–Crippen MR) is 139 cm³/mol. The van der Waals surface area contributed by atoms with E-state index in [4.69, 9.17) is 15.6 Å². The highest BCUT2D eigenvalue weighted by atomic mass is 16.5. The molecule has 0 radical (unpaired) electrons. The molecule has 184 valence electrons. The zero-order valence-electron chi connectivity index (χ0n) is 21.3. The molecule has 1 unspecified atom stereocenters. The largest absolute Gasteiger partial charge is 0.493 e. The first-order valence-corrected chi connectivity index (χ1v) is 11.7. The van der Waals surface area contributed by atoms with Crippen LogP contribution in [0.5, 0.6) is 5.75 Å². The maximum absolute atomic E-state index is 12.4. The van der Waals surface area contributed by atoms with E-state index in [0.717, 1.165) is 22.4 Å². The first kappa shape index (κ1) is 24.7. The number of ether oxygens (including phenoxy) is 1. The number of nitrogen functional groups attached to an aromatic ring is 1. The van der Waals surface area contributed by atoms with Crippen LogP contribution in [0.4, 0.5) is 5.82 Å². The topological polar surface area (TPSA) is 123 Å². The summed E-state index contributed by atoms with van der Waals surface area (Å²) >= 11 is 0. The van der Waals surface area contributed by atoms with Gasteiger partial charge in [0.15, 0.2) is 5.65 Å². The molecule has 0 saturated heterocycles. The fraction of sp³-hybridized carbons (Fsp3) is 0.296. The van der Waals surface area contributed by atoms with Gasteiger partial charge in [0.2, 0.25) is 0 Å². The molecule has 0 spiro atoms. The minimum Gasteiger partial charge on any atom is -0.493 e. The van der Waals surface area contributed by atoms with Crippen molar-refractivity contribution in [3.63, 3.8) is 0 Å². The van der Waals surface area contributed by atoms with Crippen LogP contribution < -0.4 is 10.5 Å². The second-order valence-corrected chi connectivity index (χ2v) is 8.85. The molecule has 0 fully saturated rings. The van der Waals surface area contributed by atoms with Gasteiger partial charge >= 0.3 is 0 Å². The summed E-state index contributed by atoms with van der Waals surface area (Å²) in [6, 6.07) is 11.3. The third-order valence-corrected chi connectivity index (χ3v) is 6.24. The lowest BCUT2D eigenvalue weighted by Crippen LogP contribution is -2.21. The number of hydrogen-bond acceptors (Lipinski definition) is 7. The lowest BCUT2D eigenvalue weighted by Gasteiger charge is -2.23. The average molecular weight is 484 g/mol. The Morgan fingerprint density at radius 3 is 2.53 bits per heavy atom. The molecular formula is C27H29N7O2. The summed E-state index contributed by atoms with van der Waals surface area (Å²) < 4.78 is 8.01. The number of fused-ring (bicyclic) bond motifs is 1. The number of carbonyl (C=O) groups excluding carboxylic acids is 1. The lowest BCUT2D eigenvalue weighted by atomic mass is 9.90. The standard InChI is InChI=1S/C27H29N7O2/c1-7-36-24-20(17(4)34-26-22(16(3)32-34)25(29)30-14-31-26)12-15(2)21(13-28)23(24)18-8-10-19(11-9-18)27(35)33(5)6/h8-12,14,17H,7H2,1-6H3,(H2,29,30,31). The summed E-state index contributed by atoms with van der Waals surface area (Å²) in [6.45, 7) is 8.11. The third-order valence-electron chi connectivity index (χ3n) is 6.24. The zero-order chi connectivity index (χ0) is 26.1. The molecule has 9 heteroatoms. The van der Waals surface area contributed by atoms with Crippen molar-refractivity contribution in [3.8, 4) is 22.9 Å². The van der Waals surface area contributed by atoms with Crippen molar-refractivity contribution in [3.05, 3.63) is 64.6 Å². The number of hydrogen-bond donors (Lipinski definition) is 1. The van der Waals surface area contributed by atoms with Gasteiger partial charge in [-0.2, -0.15) is 10.4 Å². The number of nitrogens with two attached hydrogens (primary N) is 1. The molecule has 0 aliphatic heterocycles. The average Bonchev–Trinajstić information content (AvgIpc) is 3.21. The molecule has 2 aromatic heterocycles. The normalized spacial score (nSPS) is 11.8. The van der Waals surface area contributed by atoms with Gasteiger partial charge in [0, 0.05) is 30.8 Å². The number of benzene rings is 2.